The number of hydrogen-bond acceptors (Lipinski definition) is 2. The van der Waals surface area contributed by atoms with Crippen LogP contribution in [0.2, 0.25) is 0 Å². The van der Waals surface area contributed by atoms with Crippen LogP contribution in [0.4, 0.5) is 0 Å². The number of hydrogen-bond donors (Lipinski definition) is 1. The molecule has 64 valence electrons. The third kappa shape index (κ3) is 1.36. The second-order valence-corrected chi connectivity index (χ2v) is 3.14. The average Bonchev–Trinajstić information content (AvgIpc) is 2.47. The highest BCUT2D eigenvalue weighted by Gasteiger charge is 2.16. The van der Waals surface area contributed by atoms with Gasteiger partial charge in [0.25, 0.3) is 0 Å². The number of nitrogens with one attached hydrogen (secondary N) is 1. The molecule has 2 heteroatoms. The fourth-order valence-electron chi connectivity index (χ4n) is 1.67. The van der Waals surface area contributed by atoms with Gasteiger partial charge in [0.05, 0.1) is 0 Å². The lowest BCUT2D eigenvalue weighted by atomic mass is 10.1. The van der Waals surface area contributed by atoms with Gasteiger partial charge in [0.1, 0.15) is 0 Å². The normalized spacial score (nSPS) is 16.4. The summed E-state index contributed by atoms with van der Waals surface area (Å²) in [7, 11) is 0. The van der Waals surface area contributed by atoms with E-state index in [1.54, 1.807) is 0 Å². The Kier molecular flexibility index (Phi) is 2.11. The molecule has 0 bridgehead atoms. The molecule has 1 aliphatic heterocycles. The van der Waals surface area contributed by atoms with Gasteiger partial charge in [-0.3, -0.25) is 5.43 Å². The second-order valence-electron chi connectivity index (χ2n) is 3.14. The minimum Gasteiger partial charge on any atom is -0.255 e. The van der Waals surface area contributed by atoms with Crippen molar-refractivity contribution >= 4 is 0 Å². The van der Waals surface area contributed by atoms with Crippen LogP contribution in [0, 0.1) is 0 Å². The van der Waals surface area contributed by atoms with E-state index < -0.39 is 0 Å². The molecule has 0 amide bonds. The van der Waals surface area contributed by atoms with E-state index in [1.165, 1.54) is 11.1 Å². The van der Waals surface area contributed by atoms with Gasteiger partial charge in [-0.2, -0.15) is 0 Å². The summed E-state index contributed by atoms with van der Waals surface area (Å²) in [5, 5.41) is 2.25. The maximum absolute atomic E-state index is 3.32. The molecule has 0 fully saturated rings. The Morgan fingerprint density at radius 1 is 1.25 bits per heavy atom. The number of hydrazine groups is 1. The predicted molar refractivity (Wildman–Crippen MR) is 49.4 cm³/mol. The third-order valence-corrected chi connectivity index (χ3v) is 2.22. The van der Waals surface area contributed by atoms with Gasteiger partial charge >= 0.3 is 0 Å². The van der Waals surface area contributed by atoms with Crippen LogP contribution < -0.4 is 5.43 Å². The van der Waals surface area contributed by atoms with E-state index in [4.69, 9.17) is 0 Å². The number of fused-ring (bicyclic) bond motifs is 1. The summed E-state index contributed by atoms with van der Waals surface area (Å²) in [4.78, 5) is 0. The summed E-state index contributed by atoms with van der Waals surface area (Å²) in [6.07, 6.45) is 0. The van der Waals surface area contributed by atoms with Crippen molar-refractivity contribution in [3.8, 4) is 0 Å². The monoisotopic (exact) mass is 162 g/mol. The van der Waals surface area contributed by atoms with E-state index in [9.17, 15) is 0 Å². The largest absolute Gasteiger partial charge is 0.255 e. The fraction of sp³-hybridized carbons (Fsp3) is 0.400. The first kappa shape index (κ1) is 7.77. The van der Waals surface area contributed by atoms with Crippen molar-refractivity contribution in [2.24, 2.45) is 0 Å². The van der Waals surface area contributed by atoms with Crippen molar-refractivity contribution in [2.45, 2.75) is 20.0 Å². The Balaban J connectivity index is 2.11. The van der Waals surface area contributed by atoms with E-state index >= 15 is 0 Å². The highest BCUT2D eigenvalue weighted by Crippen LogP contribution is 2.19. The quantitative estimate of drug-likeness (QED) is 0.709. The molecule has 1 aromatic carbocycles. The number of nitrogens with zero attached hydrogens (tertiary/aromatic N) is 1. The zero-order chi connectivity index (χ0) is 8.39. The average molecular weight is 162 g/mol. The first-order chi connectivity index (χ1) is 5.90. The first-order valence-electron chi connectivity index (χ1n) is 4.45. The van der Waals surface area contributed by atoms with Crippen molar-refractivity contribution in [1.29, 1.82) is 0 Å². The lowest BCUT2D eigenvalue weighted by Crippen LogP contribution is -2.32. The molecule has 0 saturated carbocycles. The summed E-state index contributed by atoms with van der Waals surface area (Å²) < 4.78 is 0. The van der Waals surface area contributed by atoms with Crippen LogP contribution in [0.1, 0.15) is 18.1 Å². The Morgan fingerprint density at radius 3 is 2.33 bits per heavy atom. The zero-order valence-corrected chi connectivity index (χ0v) is 7.38. The highest BCUT2D eigenvalue weighted by molar-refractivity contribution is 5.29. The van der Waals surface area contributed by atoms with Gasteiger partial charge in [-0.05, 0) is 11.1 Å². The summed E-state index contributed by atoms with van der Waals surface area (Å²) in [5.74, 6) is 0. The summed E-state index contributed by atoms with van der Waals surface area (Å²) in [5.41, 5.74) is 6.24. The van der Waals surface area contributed by atoms with Crippen LogP contribution >= 0.6 is 0 Å². The maximum atomic E-state index is 3.32. The summed E-state index contributed by atoms with van der Waals surface area (Å²) >= 11 is 0. The number of rotatable bonds is 2. The van der Waals surface area contributed by atoms with Crippen molar-refractivity contribution < 1.29 is 0 Å². The lowest BCUT2D eigenvalue weighted by Gasteiger charge is -2.14. The highest BCUT2D eigenvalue weighted by atomic mass is 15.5. The molecule has 1 aromatic rings. The van der Waals surface area contributed by atoms with Gasteiger partial charge in [0.2, 0.25) is 0 Å². The van der Waals surface area contributed by atoms with Gasteiger partial charge < -0.3 is 0 Å². The van der Waals surface area contributed by atoms with E-state index in [2.05, 4.69) is 41.6 Å². The molecule has 2 rings (SSSR count). The van der Waals surface area contributed by atoms with Crippen molar-refractivity contribution in [1.82, 2.24) is 10.4 Å². The molecule has 0 spiro atoms. The Morgan fingerprint density at radius 2 is 1.83 bits per heavy atom. The fourth-order valence-corrected chi connectivity index (χ4v) is 1.67. The second kappa shape index (κ2) is 3.25. The van der Waals surface area contributed by atoms with Crippen LogP contribution in [0.15, 0.2) is 24.3 Å². The van der Waals surface area contributed by atoms with Gasteiger partial charge in [0, 0.05) is 19.6 Å². The smallest absolute Gasteiger partial charge is 0.0388 e. The molecular weight excluding hydrogens is 148 g/mol. The van der Waals surface area contributed by atoms with E-state index in [0.717, 1.165) is 19.6 Å². The molecule has 2 nitrogen and oxygen atoms in total. The number of benzene rings is 1. The van der Waals surface area contributed by atoms with Crippen LogP contribution in [0.5, 0.6) is 0 Å². The Labute approximate surface area is 73.2 Å². The van der Waals surface area contributed by atoms with E-state index in [-0.39, 0.29) is 0 Å². The van der Waals surface area contributed by atoms with Crippen molar-refractivity contribution in [2.75, 3.05) is 6.54 Å². The van der Waals surface area contributed by atoms with Crippen LogP contribution in [-0.4, -0.2) is 11.6 Å². The van der Waals surface area contributed by atoms with Gasteiger partial charge in [-0.15, -0.1) is 0 Å². The molecule has 0 aliphatic carbocycles. The van der Waals surface area contributed by atoms with Gasteiger partial charge in [0.15, 0.2) is 0 Å². The molecule has 1 heterocycles. The van der Waals surface area contributed by atoms with E-state index in [0.29, 0.717) is 0 Å². The van der Waals surface area contributed by atoms with Crippen molar-refractivity contribution in [3.05, 3.63) is 35.4 Å². The summed E-state index contributed by atoms with van der Waals surface area (Å²) in [6, 6.07) is 8.61. The molecule has 0 unspecified atom stereocenters. The minimum absolute atomic E-state index is 1.01. The van der Waals surface area contributed by atoms with Crippen LogP contribution in [0.3, 0.4) is 0 Å². The standard InChI is InChI=1S/C10H14N2/c1-2-11-12-7-9-5-3-4-6-10(9)8-12/h3-6,11H,2,7-8H2,1H3. The molecular formula is C10H14N2. The van der Waals surface area contributed by atoms with E-state index in [1.807, 2.05) is 0 Å². The zero-order valence-electron chi connectivity index (χ0n) is 7.38. The lowest BCUT2D eigenvalue weighted by molar-refractivity contribution is 0.195. The predicted octanol–water partition coefficient (Wildman–Crippen LogP) is 1.53. The topological polar surface area (TPSA) is 15.3 Å². The molecule has 1 aliphatic rings. The van der Waals surface area contributed by atoms with Crippen molar-refractivity contribution in [3.63, 3.8) is 0 Å². The third-order valence-electron chi connectivity index (χ3n) is 2.22. The molecule has 0 saturated heterocycles. The minimum atomic E-state index is 1.01. The molecule has 1 N–H and O–H groups in total. The van der Waals surface area contributed by atoms with Crippen LogP contribution in [-0.2, 0) is 13.1 Å². The molecule has 0 radical (unpaired) electrons. The first-order valence-corrected chi connectivity index (χ1v) is 4.45. The Bertz CT molecular complexity index is 245. The Hall–Kier alpha value is -0.860. The van der Waals surface area contributed by atoms with Gasteiger partial charge in [-0.1, -0.05) is 31.2 Å². The molecule has 12 heavy (non-hydrogen) atoms. The molecule has 0 aromatic heterocycles. The maximum Gasteiger partial charge on any atom is 0.0388 e. The SMILES string of the molecule is CCNN1Cc2ccccc2C1. The summed E-state index contributed by atoms with van der Waals surface area (Å²) in [6.45, 7) is 5.23. The van der Waals surface area contributed by atoms with Crippen LogP contribution in [0.25, 0.3) is 0 Å². The molecule has 0 atom stereocenters. The van der Waals surface area contributed by atoms with Gasteiger partial charge in [-0.25, -0.2) is 5.01 Å².